The molecule has 2 aliphatic heterocycles. The number of rotatable bonds is 3. The van der Waals surface area contributed by atoms with Gasteiger partial charge < -0.3 is 25.2 Å². The second kappa shape index (κ2) is 7.34. The molecule has 0 aromatic carbocycles. The summed E-state index contributed by atoms with van der Waals surface area (Å²) in [5.74, 6) is 2.16. The van der Waals surface area contributed by atoms with Gasteiger partial charge in [0.2, 0.25) is 17.8 Å². The molecule has 0 radical (unpaired) electrons. The van der Waals surface area contributed by atoms with E-state index in [1.54, 1.807) is 12.4 Å². The van der Waals surface area contributed by atoms with Crippen molar-refractivity contribution in [2.24, 2.45) is 0 Å². The van der Waals surface area contributed by atoms with Gasteiger partial charge in [-0.2, -0.15) is 15.0 Å². The Bertz CT molecular complexity index is 740. The van der Waals surface area contributed by atoms with E-state index in [2.05, 4.69) is 41.7 Å². The molecule has 2 aromatic rings. The van der Waals surface area contributed by atoms with Crippen LogP contribution < -0.4 is 15.5 Å². The molecule has 0 aliphatic carbocycles. The van der Waals surface area contributed by atoms with Crippen LogP contribution in [0.3, 0.4) is 0 Å². The van der Waals surface area contributed by atoms with Gasteiger partial charge in [-0.3, -0.25) is 0 Å². The Morgan fingerprint density at radius 2 is 1.42 bits per heavy atom. The SMILES string of the molecule is CN1CCN(c2nc(-c3cnc(N)nc3)nc(N3CCOCC3)n2)CC1. The van der Waals surface area contributed by atoms with E-state index in [0.717, 1.165) is 44.8 Å². The third-order valence-electron chi connectivity index (χ3n) is 4.62. The molecule has 26 heavy (non-hydrogen) atoms. The summed E-state index contributed by atoms with van der Waals surface area (Å²) < 4.78 is 5.44. The summed E-state index contributed by atoms with van der Waals surface area (Å²) in [6, 6.07) is 0. The van der Waals surface area contributed by atoms with Crippen molar-refractivity contribution in [2.45, 2.75) is 0 Å². The zero-order valence-corrected chi connectivity index (χ0v) is 14.9. The summed E-state index contributed by atoms with van der Waals surface area (Å²) >= 11 is 0. The van der Waals surface area contributed by atoms with Crippen LogP contribution in [0, 0.1) is 0 Å². The lowest BCUT2D eigenvalue weighted by Crippen LogP contribution is -2.45. The quantitative estimate of drug-likeness (QED) is 0.772. The Morgan fingerprint density at radius 3 is 2.04 bits per heavy atom. The van der Waals surface area contributed by atoms with Gasteiger partial charge in [0.05, 0.1) is 18.8 Å². The largest absolute Gasteiger partial charge is 0.378 e. The maximum Gasteiger partial charge on any atom is 0.230 e. The summed E-state index contributed by atoms with van der Waals surface area (Å²) in [4.78, 5) is 28.8. The predicted molar refractivity (Wildman–Crippen MR) is 98.0 cm³/mol. The van der Waals surface area contributed by atoms with E-state index in [1.165, 1.54) is 0 Å². The van der Waals surface area contributed by atoms with Gasteiger partial charge in [-0.1, -0.05) is 0 Å². The molecule has 0 amide bonds. The molecule has 2 N–H and O–H groups in total. The minimum atomic E-state index is 0.232. The third-order valence-corrected chi connectivity index (χ3v) is 4.62. The molecule has 2 aromatic heterocycles. The summed E-state index contributed by atoms with van der Waals surface area (Å²) in [7, 11) is 2.13. The number of hydrogen-bond donors (Lipinski definition) is 1. The van der Waals surface area contributed by atoms with Crippen LogP contribution in [0.2, 0.25) is 0 Å². The van der Waals surface area contributed by atoms with Crippen molar-refractivity contribution >= 4 is 17.8 Å². The van der Waals surface area contributed by atoms with E-state index < -0.39 is 0 Å². The first-order valence-electron chi connectivity index (χ1n) is 8.79. The van der Waals surface area contributed by atoms with Crippen molar-refractivity contribution in [3.8, 4) is 11.4 Å². The van der Waals surface area contributed by atoms with E-state index in [1.807, 2.05) is 0 Å². The number of likely N-dealkylation sites (N-methyl/N-ethyl adjacent to an activating group) is 1. The monoisotopic (exact) mass is 357 g/mol. The number of nitrogen functional groups attached to an aromatic ring is 1. The Morgan fingerprint density at radius 1 is 0.846 bits per heavy atom. The number of ether oxygens (including phenoxy) is 1. The van der Waals surface area contributed by atoms with E-state index in [0.29, 0.717) is 30.9 Å². The summed E-state index contributed by atoms with van der Waals surface area (Å²) in [5, 5.41) is 0. The highest BCUT2D eigenvalue weighted by Gasteiger charge is 2.22. The lowest BCUT2D eigenvalue weighted by Gasteiger charge is -2.33. The number of hydrogen-bond acceptors (Lipinski definition) is 10. The van der Waals surface area contributed by atoms with Gasteiger partial charge in [0.15, 0.2) is 5.82 Å². The van der Waals surface area contributed by atoms with Crippen molar-refractivity contribution in [2.75, 3.05) is 75.1 Å². The highest BCUT2D eigenvalue weighted by molar-refractivity contribution is 5.57. The average molecular weight is 357 g/mol. The van der Waals surface area contributed by atoms with Gasteiger partial charge in [0.25, 0.3) is 0 Å². The van der Waals surface area contributed by atoms with Crippen LogP contribution in [0.15, 0.2) is 12.4 Å². The average Bonchev–Trinajstić information content (AvgIpc) is 2.69. The molecule has 0 saturated carbocycles. The maximum absolute atomic E-state index is 5.60. The Kier molecular flexibility index (Phi) is 4.76. The fraction of sp³-hybridized carbons (Fsp3) is 0.562. The van der Waals surface area contributed by atoms with Gasteiger partial charge >= 0.3 is 0 Å². The smallest absolute Gasteiger partial charge is 0.230 e. The molecule has 10 heteroatoms. The van der Waals surface area contributed by atoms with Crippen LogP contribution in [-0.2, 0) is 4.74 Å². The molecule has 2 aliphatic rings. The Labute approximate surface area is 152 Å². The number of anilines is 3. The highest BCUT2D eigenvalue weighted by atomic mass is 16.5. The van der Waals surface area contributed by atoms with Crippen molar-refractivity contribution in [1.82, 2.24) is 29.8 Å². The fourth-order valence-corrected chi connectivity index (χ4v) is 2.99. The molecule has 0 spiro atoms. The van der Waals surface area contributed by atoms with E-state index in [9.17, 15) is 0 Å². The maximum atomic E-state index is 5.60. The molecular weight excluding hydrogens is 334 g/mol. The number of aromatic nitrogens is 5. The van der Waals surface area contributed by atoms with Gasteiger partial charge in [-0.05, 0) is 7.05 Å². The Hall–Kier alpha value is -2.59. The molecule has 0 atom stereocenters. The molecule has 0 bridgehead atoms. The van der Waals surface area contributed by atoms with E-state index in [4.69, 9.17) is 15.5 Å². The zero-order chi connectivity index (χ0) is 17.9. The predicted octanol–water partition coefficient (Wildman–Crippen LogP) is -0.501. The van der Waals surface area contributed by atoms with Crippen LogP contribution in [0.5, 0.6) is 0 Å². The van der Waals surface area contributed by atoms with Crippen molar-refractivity contribution in [1.29, 1.82) is 0 Å². The molecule has 0 unspecified atom stereocenters. The fourth-order valence-electron chi connectivity index (χ4n) is 2.99. The summed E-state index contributed by atoms with van der Waals surface area (Å²) in [6.45, 7) is 6.64. The molecule has 10 nitrogen and oxygen atoms in total. The van der Waals surface area contributed by atoms with Crippen LogP contribution in [-0.4, -0.2) is 89.3 Å². The highest BCUT2D eigenvalue weighted by Crippen LogP contribution is 2.22. The second-order valence-corrected chi connectivity index (χ2v) is 6.48. The van der Waals surface area contributed by atoms with Gasteiger partial charge in [0, 0.05) is 51.7 Å². The normalized spacial score (nSPS) is 19.0. The first kappa shape index (κ1) is 16.9. The van der Waals surface area contributed by atoms with Crippen LogP contribution >= 0.6 is 0 Å². The summed E-state index contributed by atoms with van der Waals surface area (Å²) in [6.07, 6.45) is 3.29. The first-order valence-corrected chi connectivity index (χ1v) is 8.79. The minimum absolute atomic E-state index is 0.232. The lowest BCUT2D eigenvalue weighted by atomic mass is 10.3. The molecular formula is C16H23N9O. The number of nitrogens with two attached hydrogens (primary N) is 1. The molecule has 2 fully saturated rings. The third kappa shape index (κ3) is 3.65. The van der Waals surface area contributed by atoms with Gasteiger partial charge in [0.1, 0.15) is 0 Å². The van der Waals surface area contributed by atoms with Crippen molar-refractivity contribution < 1.29 is 4.74 Å². The first-order chi connectivity index (χ1) is 12.7. The zero-order valence-electron chi connectivity index (χ0n) is 14.9. The van der Waals surface area contributed by atoms with E-state index in [-0.39, 0.29) is 5.95 Å². The number of piperazine rings is 1. The molecule has 4 heterocycles. The van der Waals surface area contributed by atoms with E-state index >= 15 is 0 Å². The molecule has 138 valence electrons. The number of morpholine rings is 1. The molecule has 2 saturated heterocycles. The standard InChI is InChI=1S/C16H23N9O/c1-23-2-4-24(5-3-23)15-20-13(12-10-18-14(17)19-11-12)21-16(22-15)25-6-8-26-9-7-25/h10-11H,2-9H2,1H3,(H2,17,18,19). The second-order valence-electron chi connectivity index (χ2n) is 6.48. The van der Waals surface area contributed by atoms with Crippen LogP contribution in [0.4, 0.5) is 17.8 Å². The van der Waals surface area contributed by atoms with Crippen molar-refractivity contribution in [3.05, 3.63) is 12.4 Å². The number of nitrogens with zero attached hydrogens (tertiary/aromatic N) is 8. The lowest BCUT2D eigenvalue weighted by molar-refractivity contribution is 0.122. The van der Waals surface area contributed by atoms with Crippen LogP contribution in [0.1, 0.15) is 0 Å². The minimum Gasteiger partial charge on any atom is -0.378 e. The van der Waals surface area contributed by atoms with Gasteiger partial charge in [-0.25, -0.2) is 9.97 Å². The topological polar surface area (TPSA) is 109 Å². The van der Waals surface area contributed by atoms with Gasteiger partial charge in [-0.15, -0.1) is 0 Å². The summed E-state index contributed by atoms with van der Waals surface area (Å²) in [5.41, 5.74) is 6.33. The van der Waals surface area contributed by atoms with Crippen LogP contribution in [0.25, 0.3) is 11.4 Å². The van der Waals surface area contributed by atoms with Crippen molar-refractivity contribution in [3.63, 3.8) is 0 Å². The molecule has 4 rings (SSSR count). The Balaban J connectivity index is 1.70.